The average molecular weight is 364 g/mol. The van der Waals surface area contributed by atoms with E-state index in [1.54, 1.807) is 0 Å². The van der Waals surface area contributed by atoms with E-state index in [1.165, 1.54) is 12.2 Å². The smallest absolute Gasteiger partial charge is 0.319 e. The van der Waals surface area contributed by atoms with Gasteiger partial charge in [0.05, 0.1) is 0 Å². The highest BCUT2D eigenvalue weighted by Crippen LogP contribution is 2.39. The zero-order chi connectivity index (χ0) is 19.6. The Morgan fingerprint density at radius 1 is 1.12 bits per heavy atom. The molecule has 26 heavy (non-hydrogen) atoms. The molecule has 0 heterocycles. The SMILES string of the molecule is C=CCOC(=O)C1(CC)CCCC1=O.C=CCOC(=O)C1CCCC1=O. The summed E-state index contributed by atoms with van der Waals surface area (Å²) in [6.07, 6.45) is 7.49. The minimum atomic E-state index is -0.844. The Morgan fingerprint density at radius 2 is 1.77 bits per heavy atom. The molecule has 6 heteroatoms. The van der Waals surface area contributed by atoms with Crippen LogP contribution in [0.4, 0.5) is 0 Å². The van der Waals surface area contributed by atoms with Gasteiger partial charge in [-0.3, -0.25) is 19.2 Å². The molecule has 2 aliphatic carbocycles. The van der Waals surface area contributed by atoms with Crippen LogP contribution in [0.3, 0.4) is 0 Å². The summed E-state index contributed by atoms with van der Waals surface area (Å²) in [5, 5.41) is 0. The second-order valence-corrected chi connectivity index (χ2v) is 6.43. The number of rotatable bonds is 7. The summed E-state index contributed by atoms with van der Waals surface area (Å²) >= 11 is 0. The van der Waals surface area contributed by atoms with E-state index in [1.807, 2.05) is 6.92 Å². The van der Waals surface area contributed by atoms with Gasteiger partial charge in [0.15, 0.2) is 0 Å². The lowest BCUT2D eigenvalue weighted by molar-refractivity contribution is -0.158. The topological polar surface area (TPSA) is 86.7 Å². The van der Waals surface area contributed by atoms with Crippen LogP contribution in [-0.2, 0) is 28.7 Å². The quantitative estimate of drug-likeness (QED) is 0.392. The molecular weight excluding hydrogens is 336 g/mol. The normalized spacial score (nSPS) is 24.4. The molecule has 0 amide bonds. The van der Waals surface area contributed by atoms with Crippen LogP contribution in [0.2, 0.25) is 0 Å². The molecule has 0 N–H and O–H groups in total. The Bertz CT molecular complexity index is 565. The summed E-state index contributed by atoms with van der Waals surface area (Å²) in [6, 6.07) is 0. The molecule has 6 nitrogen and oxygen atoms in total. The molecule has 0 spiro atoms. The summed E-state index contributed by atoms with van der Waals surface area (Å²) in [5.41, 5.74) is -0.844. The van der Waals surface area contributed by atoms with Crippen molar-refractivity contribution in [1.29, 1.82) is 0 Å². The van der Waals surface area contributed by atoms with Gasteiger partial charge in [0.25, 0.3) is 0 Å². The van der Waals surface area contributed by atoms with Crippen LogP contribution in [-0.4, -0.2) is 36.7 Å². The van der Waals surface area contributed by atoms with Gasteiger partial charge in [-0.15, -0.1) is 0 Å². The van der Waals surface area contributed by atoms with Gasteiger partial charge in [-0.25, -0.2) is 0 Å². The third-order valence-corrected chi connectivity index (χ3v) is 4.80. The van der Waals surface area contributed by atoms with E-state index in [0.29, 0.717) is 32.1 Å². The number of carbonyl (C=O) groups is 4. The molecule has 2 atom stereocenters. The van der Waals surface area contributed by atoms with E-state index in [-0.39, 0.29) is 30.7 Å². The fourth-order valence-corrected chi connectivity index (χ4v) is 3.24. The number of esters is 2. The summed E-state index contributed by atoms with van der Waals surface area (Å²) in [4.78, 5) is 45.5. The second kappa shape index (κ2) is 10.7. The summed E-state index contributed by atoms with van der Waals surface area (Å²) in [5.74, 6) is -1.21. The Hall–Kier alpha value is -2.24. The molecule has 0 aromatic carbocycles. The largest absolute Gasteiger partial charge is 0.461 e. The van der Waals surface area contributed by atoms with Crippen LogP contribution in [0.1, 0.15) is 51.9 Å². The number of ketones is 2. The molecule has 2 aliphatic rings. The lowest BCUT2D eigenvalue weighted by Gasteiger charge is -2.22. The number of carbonyl (C=O) groups excluding carboxylic acids is 4. The lowest BCUT2D eigenvalue weighted by atomic mass is 9.82. The van der Waals surface area contributed by atoms with Gasteiger partial charge in [0.2, 0.25) is 0 Å². The van der Waals surface area contributed by atoms with E-state index in [0.717, 1.165) is 12.8 Å². The average Bonchev–Trinajstić information content (AvgIpc) is 3.24. The van der Waals surface area contributed by atoms with Crippen molar-refractivity contribution in [2.24, 2.45) is 11.3 Å². The van der Waals surface area contributed by atoms with Crippen molar-refractivity contribution >= 4 is 23.5 Å². The van der Waals surface area contributed by atoms with Gasteiger partial charge in [0.1, 0.15) is 36.1 Å². The monoisotopic (exact) mass is 364 g/mol. The molecule has 0 aromatic rings. The van der Waals surface area contributed by atoms with E-state index >= 15 is 0 Å². The summed E-state index contributed by atoms with van der Waals surface area (Å²) in [6.45, 7) is 9.13. The van der Waals surface area contributed by atoms with Crippen molar-refractivity contribution in [2.45, 2.75) is 51.9 Å². The van der Waals surface area contributed by atoms with Crippen LogP contribution >= 0.6 is 0 Å². The fraction of sp³-hybridized carbons (Fsp3) is 0.600. The molecule has 2 unspecified atom stereocenters. The molecular formula is C20H28O6. The maximum Gasteiger partial charge on any atom is 0.319 e. The highest BCUT2D eigenvalue weighted by molar-refractivity contribution is 6.05. The van der Waals surface area contributed by atoms with Crippen molar-refractivity contribution in [3.63, 3.8) is 0 Å². The number of hydrogen-bond acceptors (Lipinski definition) is 6. The van der Waals surface area contributed by atoms with E-state index in [9.17, 15) is 19.2 Å². The molecule has 144 valence electrons. The fourth-order valence-electron chi connectivity index (χ4n) is 3.24. The first-order valence-corrected chi connectivity index (χ1v) is 9.04. The van der Waals surface area contributed by atoms with Gasteiger partial charge in [-0.1, -0.05) is 32.2 Å². The Balaban J connectivity index is 0.000000263. The number of Topliss-reactive ketones (excluding diaryl/α,β-unsaturated/α-hetero) is 2. The van der Waals surface area contributed by atoms with Crippen molar-refractivity contribution in [3.05, 3.63) is 25.3 Å². The van der Waals surface area contributed by atoms with Gasteiger partial charge in [0, 0.05) is 12.8 Å². The number of ether oxygens (including phenoxy) is 2. The first-order valence-electron chi connectivity index (χ1n) is 9.04. The third kappa shape index (κ3) is 5.38. The zero-order valence-electron chi connectivity index (χ0n) is 15.5. The lowest BCUT2D eigenvalue weighted by Crippen LogP contribution is -2.36. The highest BCUT2D eigenvalue weighted by Gasteiger charge is 2.48. The van der Waals surface area contributed by atoms with E-state index < -0.39 is 17.3 Å². The van der Waals surface area contributed by atoms with E-state index in [4.69, 9.17) is 9.47 Å². The summed E-state index contributed by atoms with van der Waals surface area (Å²) < 4.78 is 9.73. The minimum Gasteiger partial charge on any atom is -0.461 e. The first kappa shape index (κ1) is 21.8. The van der Waals surface area contributed by atoms with Crippen LogP contribution in [0, 0.1) is 11.3 Å². The van der Waals surface area contributed by atoms with Gasteiger partial charge >= 0.3 is 11.9 Å². The molecule has 2 fully saturated rings. The van der Waals surface area contributed by atoms with Crippen LogP contribution in [0.5, 0.6) is 0 Å². The molecule has 0 bridgehead atoms. The molecule has 2 saturated carbocycles. The first-order chi connectivity index (χ1) is 12.4. The van der Waals surface area contributed by atoms with Gasteiger partial charge in [-0.2, -0.15) is 0 Å². The van der Waals surface area contributed by atoms with Crippen LogP contribution in [0.25, 0.3) is 0 Å². The van der Waals surface area contributed by atoms with Crippen molar-refractivity contribution in [1.82, 2.24) is 0 Å². The second-order valence-electron chi connectivity index (χ2n) is 6.43. The minimum absolute atomic E-state index is 0.0177. The molecule has 0 aromatic heterocycles. The van der Waals surface area contributed by atoms with Crippen LogP contribution in [0.15, 0.2) is 25.3 Å². The van der Waals surface area contributed by atoms with Crippen molar-refractivity contribution < 1.29 is 28.7 Å². The predicted octanol–water partition coefficient (Wildman–Crippen LogP) is 2.95. The predicted molar refractivity (Wildman–Crippen MR) is 96.2 cm³/mol. The highest BCUT2D eigenvalue weighted by atomic mass is 16.5. The van der Waals surface area contributed by atoms with E-state index in [2.05, 4.69) is 13.2 Å². The number of hydrogen-bond donors (Lipinski definition) is 0. The Morgan fingerprint density at radius 3 is 2.23 bits per heavy atom. The molecule has 2 rings (SSSR count). The molecule has 0 saturated heterocycles. The van der Waals surface area contributed by atoms with Crippen molar-refractivity contribution in [3.8, 4) is 0 Å². The maximum absolute atomic E-state index is 11.7. The van der Waals surface area contributed by atoms with Crippen LogP contribution < -0.4 is 0 Å². The molecule has 0 radical (unpaired) electrons. The Labute approximate surface area is 154 Å². The zero-order valence-corrected chi connectivity index (χ0v) is 15.5. The maximum atomic E-state index is 11.7. The van der Waals surface area contributed by atoms with Gasteiger partial charge in [-0.05, 0) is 32.1 Å². The molecule has 0 aliphatic heterocycles. The summed E-state index contributed by atoms with van der Waals surface area (Å²) in [7, 11) is 0. The Kier molecular flexibility index (Phi) is 8.96. The standard InChI is InChI=1S/C11H16O3.C9H12O3/c1-3-8-14-10(13)11(4-2)7-5-6-9(11)12;1-2-6-12-9(11)7-4-3-5-8(7)10/h3H,1,4-8H2,2H3;2,7H,1,3-6H2. The van der Waals surface area contributed by atoms with Gasteiger partial charge < -0.3 is 9.47 Å². The third-order valence-electron chi connectivity index (χ3n) is 4.80. The van der Waals surface area contributed by atoms with Crippen molar-refractivity contribution in [2.75, 3.05) is 13.2 Å².